The highest BCUT2D eigenvalue weighted by molar-refractivity contribution is 7.98. The van der Waals surface area contributed by atoms with E-state index in [1.54, 1.807) is 0 Å². The average Bonchev–Trinajstić information content (AvgIpc) is 2.55. The standard InChI is InChI=1S/C19H15S/c1-3-9-16(10-4-1)15-20-19-14-8-7-13-18(19)17-11-5-2-6-12-17/h1-11,13-14H,15H2. The lowest BCUT2D eigenvalue weighted by Gasteiger charge is -2.09. The monoisotopic (exact) mass is 275 g/mol. The SMILES string of the molecule is [c]1ccccc1-c1ccccc1SCc1ccccc1. The topological polar surface area (TPSA) is 0 Å². The first-order chi connectivity index (χ1) is 9.93. The lowest BCUT2D eigenvalue weighted by atomic mass is 10.1. The van der Waals surface area contributed by atoms with E-state index in [-0.39, 0.29) is 0 Å². The molecule has 0 fully saturated rings. The summed E-state index contributed by atoms with van der Waals surface area (Å²) in [7, 11) is 0. The van der Waals surface area contributed by atoms with Gasteiger partial charge in [0.25, 0.3) is 0 Å². The zero-order valence-electron chi connectivity index (χ0n) is 11.1. The summed E-state index contributed by atoms with van der Waals surface area (Å²) in [6.07, 6.45) is 0. The molecule has 0 aliphatic rings. The van der Waals surface area contributed by atoms with Gasteiger partial charge in [0.1, 0.15) is 0 Å². The molecule has 0 saturated heterocycles. The smallest absolute Gasteiger partial charge is 0.0232 e. The van der Waals surface area contributed by atoms with Crippen LogP contribution in [-0.4, -0.2) is 0 Å². The van der Waals surface area contributed by atoms with Crippen LogP contribution in [-0.2, 0) is 5.75 Å². The first-order valence-electron chi connectivity index (χ1n) is 6.66. The van der Waals surface area contributed by atoms with Gasteiger partial charge in [-0.3, -0.25) is 0 Å². The van der Waals surface area contributed by atoms with Crippen LogP contribution in [0.1, 0.15) is 5.56 Å². The molecule has 0 N–H and O–H groups in total. The molecule has 0 aliphatic heterocycles. The Labute approximate surface area is 124 Å². The van der Waals surface area contributed by atoms with E-state index >= 15 is 0 Å². The molecule has 0 amide bonds. The highest BCUT2D eigenvalue weighted by Gasteiger charge is 2.05. The van der Waals surface area contributed by atoms with Gasteiger partial charge in [0.05, 0.1) is 0 Å². The predicted octanol–water partition coefficient (Wildman–Crippen LogP) is 5.45. The molecule has 20 heavy (non-hydrogen) atoms. The molecule has 1 heteroatoms. The maximum atomic E-state index is 3.31. The van der Waals surface area contributed by atoms with Crippen LogP contribution in [0, 0.1) is 6.07 Å². The largest absolute Gasteiger partial charge is 0.121 e. The summed E-state index contributed by atoms with van der Waals surface area (Å²) < 4.78 is 0. The van der Waals surface area contributed by atoms with Gasteiger partial charge in [-0.15, -0.1) is 11.8 Å². The van der Waals surface area contributed by atoms with E-state index in [0.29, 0.717) is 0 Å². The molecular formula is C19H15S. The Morgan fingerprint density at radius 3 is 2.30 bits per heavy atom. The fourth-order valence-electron chi connectivity index (χ4n) is 2.11. The Morgan fingerprint density at radius 2 is 1.50 bits per heavy atom. The average molecular weight is 275 g/mol. The van der Waals surface area contributed by atoms with Crippen molar-refractivity contribution in [3.05, 3.63) is 90.5 Å². The lowest BCUT2D eigenvalue weighted by molar-refractivity contribution is 1.38. The molecule has 0 saturated carbocycles. The Balaban J connectivity index is 1.84. The van der Waals surface area contributed by atoms with Crippen molar-refractivity contribution in [2.75, 3.05) is 0 Å². The zero-order chi connectivity index (χ0) is 13.6. The van der Waals surface area contributed by atoms with Crippen molar-refractivity contribution in [2.45, 2.75) is 10.6 Å². The number of thioether (sulfide) groups is 1. The van der Waals surface area contributed by atoms with Crippen molar-refractivity contribution in [1.82, 2.24) is 0 Å². The summed E-state index contributed by atoms with van der Waals surface area (Å²) in [5.74, 6) is 0.991. The third-order valence-electron chi connectivity index (χ3n) is 3.12. The molecule has 1 radical (unpaired) electrons. The molecule has 0 unspecified atom stereocenters. The number of hydrogen-bond acceptors (Lipinski definition) is 1. The van der Waals surface area contributed by atoms with Crippen LogP contribution in [0.5, 0.6) is 0 Å². The maximum Gasteiger partial charge on any atom is 0.0232 e. The lowest BCUT2D eigenvalue weighted by Crippen LogP contribution is -1.84. The minimum Gasteiger partial charge on any atom is -0.121 e. The maximum absolute atomic E-state index is 3.31. The fourth-order valence-corrected chi connectivity index (χ4v) is 3.13. The van der Waals surface area contributed by atoms with Crippen molar-refractivity contribution in [3.8, 4) is 11.1 Å². The number of hydrogen-bond donors (Lipinski definition) is 0. The first kappa shape index (κ1) is 13.0. The molecule has 0 heterocycles. The number of benzene rings is 3. The highest BCUT2D eigenvalue weighted by Crippen LogP contribution is 2.32. The second-order valence-electron chi connectivity index (χ2n) is 4.55. The van der Waals surface area contributed by atoms with Crippen molar-refractivity contribution in [1.29, 1.82) is 0 Å². The Hall–Kier alpha value is -1.99. The first-order valence-corrected chi connectivity index (χ1v) is 7.65. The Kier molecular flexibility index (Phi) is 4.19. The molecular weight excluding hydrogens is 260 g/mol. The van der Waals surface area contributed by atoms with Gasteiger partial charge in [-0.25, -0.2) is 0 Å². The third-order valence-corrected chi connectivity index (χ3v) is 4.27. The minimum absolute atomic E-state index is 0.991. The van der Waals surface area contributed by atoms with Crippen LogP contribution in [0.3, 0.4) is 0 Å². The van der Waals surface area contributed by atoms with E-state index in [4.69, 9.17) is 0 Å². The molecule has 3 rings (SSSR count). The van der Waals surface area contributed by atoms with Crippen LogP contribution in [0.2, 0.25) is 0 Å². The van der Waals surface area contributed by atoms with E-state index < -0.39 is 0 Å². The van der Waals surface area contributed by atoms with Crippen molar-refractivity contribution in [2.24, 2.45) is 0 Å². The molecule has 0 spiro atoms. The van der Waals surface area contributed by atoms with Gasteiger partial charge in [0, 0.05) is 10.6 Å². The van der Waals surface area contributed by atoms with Crippen molar-refractivity contribution in [3.63, 3.8) is 0 Å². The number of rotatable bonds is 4. The molecule has 0 bridgehead atoms. The van der Waals surface area contributed by atoms with Gasteiger partial charge in [-0.05, 0) is 28.8 Å². The van der Waals surface area contributed by atoms with Crippen LogP contribution in [0.25, 0.3) is 11.1 Å². The summed E-state index contributed by atoms with van der Waals surface area (Å²) >= 11 is 1.87. The van der Waals surface area contributed by atoms with Gasteiger partial charge < -0.3 is 0 Å². The van der Waals surface area contributed by atoms with Crippen LogP contribution in [0.15, 0.2) is 83.8 Å². The van der Waals surface area contributed by atoms with Gasteiger partial charge in [0.15, 0.2) is 0 Å². The van der Waals surface area contributed by atoms with Gasteiger partial charge in [-0.2, -0.15) is 0 Å². The molecule has 0 aromatic heterocycles. The van der Waals surface area contributed by atoms with Gasteiger partial charge in [0.2, 0.25) is 0 Å². The van der Waals surface area contributed by atoms with Crippen molar-refractivity contribution < 1.29 is 0 Å². The summed E-state index contributed by atoms with van der Waals surface area (Å²) in [6.45, 7) is 0. The summed E-state index contributed by atoms with van der Waals surface area (Å²) in [6, 6.07) is 30.6. The van der Waals surface area contributed by atoms with Crippen LogP contribution in [0.4, 0.5) is 0 Å². The summed E-state index contributed by atoms with van der Waals surface area (Å²) in [5.41, 5.74) is 3.77. The minimum atomic E-state index is 0.991. The van der Waals surface area contributed by atoms with Gasteiger partial charge >= 0.3 is 0 Å². The van der Waals surface area contributed by atoms with E-state index in [0.717, 1.165) is 11.3 Å². The van der Waals surface area contributed by atoms with E-state index in [1.165, 1.54) is 16.0 Å². The molecule has 97 valence electrons. The normalized spacial score (nSPS) is 10.4. The van der Waals surface area contributed by atoms with Crippen LogP contribution < -0.4 is 0 Å². The summed E-state index contributed by atoms with van der Waals surface area (Å²) in [5, 5.41) is 0. The second kappa shape index (κ2) is 6.44. The Bertz CT molecular complexity index is 660. The molecule has 0 nitrogen and oxygen atoms in total. The highest BCUT2D eigenvalue weighted by atomic mass is 32.2. The van der Waals surface area contributed by atoms with Gasteiger partial charge in [-0.1, -0.05) is 72.8 Å². The fraction of sp³-hybridized carbons (Fsp3) is 0.0526. The molecule has 0 atom stereocenters. The van der Waals surface area contributed by atoms with Crippen molar-refractivity contribution >= 4 is 11.8 Å². The third kappa shape index (κ3) is 3.12. The predicted molar refractivity (Wildman–Crippen MR) is 86.7 cm³/mol. The molecule has 3 aromatic rings. The summed E-state index contributed by atoms with van der Waals surface area (Å²) in [4.78, 5) is 1.30. The van der Waals surface area contributed by atoms with E-state index in [1.807, 2.05) is 23.9 Å². The molecule has 0 aliphatic carbocycles. The quantitative estimate of drug-likeness (QED) is 0.571. The second-order valence-corrected chi connectivity index (χ2v) is 5.56. The van der Waals surface area contributed by atoms with Crippen LogP contribution >= 0.6 is 11.8 Å². The Morgan fingerprint density at radius 1 is 0.750 bits per heavy atom. The zero-order valence-corrected chi connectivity index (χ0v) is 11.9. The van der Waals surface area contributed by atoms with E-state index in [2.05, 4.69) is 72.8 Å². The van der Waals surface area contributed by atoms with E-state index in [9.17, 15) is 0 Å². The molecule has 3 aromatic carbocycles.